The van der Waals surface area contributed by atoms with Crippen LogP contribution < -0.4 is 20.1 Å². The standard InChI is InChI=1S/C28H35N3O4/c1-34-24-14-10-20(26(18-24)35-2)11-15-27(32)30-23-12-8-21(9-13-23)28(33)29-19-22-6-5-17-31-16-4-3-7-25(22)31/h8-15,18,22,25H,3-7,16-17,19H2,1-2H3,(H,29,33)(H,30,32)/b15-11+/t22-,25+/m0/s1. The molecule has 0 saturated carbocycles. The van der Waals surface area contributed by atoms with Gasteiger partial charge in [0.25, 0.3) is 5.91 Å². The Hall–Kier alpha value is -3.32. The van der Waals surface area contributed by atoms with Gasteiger partial charge in [-0.25, -0.2) is 0 Å². The number of carbonyl (C=O) groups excluding carboxylic acids is 2. The number of nitrogens with zero attached hydrogens (tertiary/aromatic N) is 1. The van der Waals surface area contributed by atoms with Gasteiger partial charge in [-0.2, -0.15) is 0 Å². The largest absolute Gasteiger partial charge is 0.497 e. The third-order valence-electron chi connectivity index (χ3n) is 7.02. The summed E-state index contributed by atoms with van der Waals surface area (Å²) >= 11 is 0. The molecule has 2 saturated heterocycles. The number of methoxy groups -OCH3 is 2. The van der Waals surface area contributed by atoms with Gasteiger partial charge >= 0.3 is 0 Å². The first-order chi connectivity index (χ1) is 17.1. The normalized spacial score (nSPS) is 20.2. The zero-order valence-electron chi connectivity index (χ0n) is 20.6. The number of fused-ring (bicyclic) bond motifs is 1. The van der Waals surface area contributed by atoms with Crippen LogP contribution in [0.5, 0.6) is 11.5 Å². The minimum atomic E-state index is -0.269. The molecule has 2 atom stereocenters. The predicted molar refractivity (Wildman–Crippen MR) is 138 cm³/mol. The second kappa shape index (κ2) is 11.9. The van der Waals surface area contributed by atoms with E-state index in [1.165, 1.54) is 51.3 Å². The number of nitrogens with one attached hydrogen (secondary N) is 2. The number of ether oxygens (including phenoxy) is 2. The molecule has 7 nitrogen and oxygen atoms in total. The first kappa shape index (κ1) is 24.8. The van der Waals surface area contributed by atoms with Gasteiger partial charge in [-0.3, -0.25) is 9.59 Å². The quantitative estimate of drug-likeness (QED) is 0.553. The van der Waals surface area contributed by atoms with Crippen LogP contribution in [-0.4, -0.2) is 56.6 Å². The molecule has 2 aromatic rings. The lowest BCUT2D eigenvalue weighted by atomic mass is 9.83. The van der Waals surface area contributed by atoms with Gasteiger partial charge in [0.2, 0.25) is 5.91 Å². The average molecular weight is 478 g/mol. The Morgan fingerprint density at radius 3 is 2.57 bits per heavy atom. The van der Waals surface area contributed by atoms with Crippen LogP contribution in [0.25, 0.3) is 6.08 Å². The van der Waals surface area contributed by atoms with Gasteiger partial charge < -0.3 is 25.0 Å². The van der Waals surface area contributed by atoms with Gasteiger partial charge in [-0.05, 0) is 87.2 Å². The minimum Gasteiger partial charge on any atom is -0.497 e. The first-order valence-corrected chi connectivity index (χ1v) is 12.4. The number of benzene rings is 2. The third-order valence-corrected chi connectivity index (χ3v) is 7.02. The van der Waals surface area contributed by atoms with Crippen LogP contribution in [0.1, 0.15) is 48.0 Å². The molecule has 186 valence electrons. The number of anilines is 1. The van der Waals surface area contributed by atoms with E-state index in [2.05, 4.69) is 15.5 Å². The molecule has 4 rings (SSSR count). The first-order valence-electron chi connectivity index (χ1n) is 12.4. The zero-order valence-corrected chi connectivity index (χ0v) is 20.6. The molecule has 2 aliphatic rings. The summed E-state index contributed by atoms with van der Waals surface area (Å²) in [5, 5.41) is 5.96. The molecule has 2 aromatic carbocycles. The molecule has 0 bridgehead atoms. The Morgan fingerprint density at radius 1 is 1.00 bits per heavy atom. The summed E-state index contributed by atoms with van der Waals surface area (Å²) in [6, 6.07) is 13.0. The molecule has 2 amide bonds. The van der Waals surface area contributed by atoms with Crippen molar-refractivity contribution in [2.24, 2.45) is 5.92 Å². The van der Waals surface area contributed by atoms with Gasteiger partial charge in [-0.1, -0.05) is 6.42 Å². The van der Waals surface area contributed by atoms with Crippen molar-refractivity contribution in [1.82, 2.24) is 10.2 Å². The number of carbonyl (C=O) groups is 2. The van der Waals surface area contributed by atoms with Crippen molar-refractivity contribution in [2.75, 3.05) is 39.2 Å². The average Bonchev–Trinajstić information content (AvgIpc) is 2.90. The van der Waals surface area contributed by atoms with E-state index in [1.807, 2.05) is 12.1 Å². The van der Waals surface area contributed by atoms with E-state index in [9.17, 15) is 9.59 Å². The van der Waals surface area contributed by atoms with Crippen molar-refractivity contribution in [3.8, 4) is 11.5 Å². The Labute approximate surface area is 207 Å². The van der Waals surface area contributed by atoms with E-state index in [1.54, 1.807) is 50.6 Å². The van der Waals surface area contributed by atoms with Crippen molar-refractivity contribution in [1.29, 1.82) is 0 Å². The van der Waals surface area contributed by atoms with Crippen LogP contribution in [0.2, 0.25) is 0 Å². The van der Waals surface area contributed by atoms with E-state index >= 15 is 0 Å². The summed E-state index contributed by atoms with van der Waals surface area (Å²) < 4.78 is 10.6. The van der Waals surface area contributed by atoms with Crippen LogP contribution >= 0.6 is 0 Å². The predicted octanol–water partition coefficient (Wildman–Crippen LogP) is 4.35. The van der Waals surface area contributed by atoms with E-state index in [4.69, 9.17) is 9.47 Å². The summed E-state index contributed by atoms with van der Waals surface area (Å²) in [5.41, 5.74) is 1.99. The molecule has 0 radical (unpaired) electrons. The maximum atomic E-state index is 12.7. The Kier molecular flexibility index (Phi) is 8.42. The van der Waals surface area contributed by atoms with Crippen molar-refractivity contribution >= 4 is 23.6 Å². The summed E-state index contributed by atoms with van der Waals surface area (Å²) in [6.07, 6.45) is 9.37. The van der Waals surface area contributed by atoms with Crippen LogP contribution in [0.15, 0.2) is 48.5 Å². The van der Waals surface area contributed by atoms with E-state index in [0.29, 0.717) is 34.7 Å². The highest BCUT2D eigenvalue weighted by molar-refractivity contribution is 6.02. The number of rotatable bonds is 8. The molecule has 35 heavy (non-hydrogen) atoms. The fraction of sp³-hybridized carbons (Fsp3) is 0.429. The lowest BCUT2D eigenvalue weighted by Crippen LogP contribution is -2.51. The molecule has 0 spiro atoms. The number of piperidine rings is 2. The van der Waals surface area contributed by atoms with Gasteiger partial charge in [0.1, 0.15) is 11.5 Å². The molecule has 7 heteroatoms. The Bertz CT molecular complexity index is 1050. The van der Waals surface area contributed by atoms with E-state index in [0.717, 1.165) is 12.1 Å². The van der Waals surface area contributed by atoms with Crippen molar-refractivity contribution in [3.05, 3.63) is 59.7 Å². The summed E-state index contributed by atoms with van der Waals surface area (Å²) in [6.45, 7) is 3.12. The molecule has 0 aromatic heterocycles. The molecule has 2 aliphatic heterocycles. The molecule has 2 heterocycles. The smallest absolute Gasteiger partial charge is 0.251 e. The highest BCUT2D eigenvalue weighted by Gasteiger charge is 2.32. The van der Waals surface area contributed by atoms with Crippen LogP contribution in [0.4, 0.5) is 5.69 Å². The van der Waals surface area contributed by atoms with Gasteiger partial charge in [0, 0.05) is 41.5 Å². The van der Waals surface area contributed by atoms with Crippen LogP contribution in [0.3, 0.4) is 0 Å². The van der Waals surface area contributed by atoms with E-state index < -0.39 is 0 Å². The second-order valence-corrected chi connectivity index (χ2v) is 9.22. The van der Waals surface area contributed by atoms with Gasteiger partial charge in [0.15, 0.2) is 0 Å². The molecular weight excluding hydrogens is 442 g/mol. The van der Waals surface area contributed by atoms with Crippen molar-refractivity contribution < 1.29 is 19.1 Å². The Balaban J connectivity index is 1.28. The summed E-state index contributed by atoms with van der Waals surface area (Å²) in [7, 11) is 3.16. The molecule has 2 N–H and O–H groups in total. The molecular formula is C28H35N3O4. The fourth-order valence-corrected chi connectivity index (χ4v) is 5.15. The number of hydrogen-bond donors (Lipinski definition) is 2. The maximum Gasteiger partial charge on any atom is 0.251 e. The van der Waals surface area contributed by atoms with Crippen molar-refractivity contribution in [2.45, 2.75) is 38.1 Å². The van der Waals surface area contributed by atoms with Crippen LogP contribution in [-0.2, 0) is 4.79 Å². The third kappa shape index (κ3) is 6.42. The summed E-state index contributed by atoms with van der Waals surface area (Å²) in [5.74, 6) is 1.50. The van der Waals surface area contributed by atoms with Crippen molar-refractivity contribution in [3.63, 3.8) is 0 Å². The SMILES string of the molecule is COc1ccc(/C=C/C(=O)Nc2ccc(C(=O)NC[C@@H]3CCCN4CCCC[C@H]34)cc2)c(OC)c1. The summed E-state index contributed by atoms with van der Waals surface area (Å²) in [4.78, 5) is 27.7. The maximum absolute atomic E-state index is 12.7. The highest BCUT2D eigenvalue weighted by atomic mass is 16.5. The molecule has 0 aliphatic carbocycles. The lowest BCUT2D eigenvalue weighted by molar-refractivity contribution is -0.111. The highest BCUT2D eigenvalue weighted by Crippen LogP contribution is 2.30. The fourth-order valence-electron chi connectivity index (χ4n) is 5.15. The number of amides is 2. The molecule has 0 unspecified atom stereocenters. The topological polar surface area (TPSA) is 79.9 Å². The van der Waals surface area contributed by atoms with Gasteiger partial charge in [-0.15, -0.1) is 0 Å². The van der Waals surface area contributed by atoms with Crippen LogP contribution in [0, 0.1) is 5.92 Å². The van der Waals surface area contributed by atoms with E-state index in [-0.39, 0.29) is 11.8 Å². The van der Waals surface area contributed by atoms with Gasteiger partial charge in [0.05, 0.1) is 14.2 Å². The Morgan fingerprint density at radius 2 is 1.80 bits per heavy atom. The molecule has 2 fully saturated rings. The second-order valence-electron chi connectivity index (χ2n) is 9.22. The lowest BCUT2D eigenvalue weighted by Gasteiger charge is -2.44. The monoisotopic (exact) mass is 477 g/mol. The zero-order chi connectivity index (χ0) is 24.6. The number of hydrogen-bond acceptors (Lipinski definition) is 5. The minimum absolute atomic E-state index is 0.0673.